The van der Waals surface area contributed by atoms with Crippen LogP contribution in [0.4, 0.5) is 0 Å². The van der Waals surface area contributed by atoms with E-state index in [0.29, 0.717) is 0 Å². The van der Waals surface area contributed by atoms with Gasteiger partial charge in [0.2, 0.25) is 0 Å². The Morgan fingerprint density at radius 1 is 1.40 bits per heavy atom. The standard InChI is InChI=1S/C10H7NO4/c11-5-7(10(14)15)3-6-1-2-8(12)4-9(6)13/h1-4,12-13H,(H,14,15)/b7-3+. The van der Waals surface area contributed by atoms with Crippen LogP contribution in [0.15, 0.2) is 23.8 Å². The number of carbonyl (C=O) groups is 1. The molecule has 0 unspecified atom stereocenters. The summed E-state index contributed by atoms with van der Waals surface area (Å²) in [4.78, 5) is 10.5. The van der Waals surface area contributed by atoms with Crippen molar-refractivity contribution < 1.29 is 20.1 Å². The first-order valence-electron chi connectivity index (χ1n) is 3.91. The Hall–Kier alpha value is -2.48. The largest absolute Gasteiger partial charge is 0.508 e. The Kier molecular flexibility index (Phi) is 2.94. The molecule has 5 heteroatoms. The Labute approximate surface area is 85.1 Å². The normalized spacial score (nSPS) is 10.7. The summed E-state index contributed by atoms with van der Waals surface area (Å²) in [6.45, 7) is 0. The summed E-state index contributed by atoms with van der Waals surface area (Å²) in [5.41, 5.74) is -0.331. The van der Waals surface area contributed by atoms with E-state index in [0.717, 1.165) is 12.1 Å². The zero-order valence-electron chi connectivity index (χ0n) is 7.51. The van der Waals surface area contributed by atoms with Crippen LogP contribution in [0, 0.1) is 11.3 Å². The molecule has 1 rings (SSSR count). The Morgan fingerprint density at radius 2 is 2.07 bits per heavy atom. The van der Waals surface area contributed by atoms with Crippen LogP contribution in [-0.2, 0) is 4.79 Å². The fraction of sp³-hybridized carbons (Fsp3) is 0. The van der Waals surface area contributed by atoms with E-state index in [9.17, 15) is 9.90 Å². The summed E-state index contributed by atoms with van der Waals surface area (Å²) in [5.74, 6) is -1.80. The number of carboxylic acids is 1. The van der Waals surface area contributed by atoms with Gasteiger partial charge in [-0.25, -0.2) is 4.79 Å². The van der Waals surface area contributed by atoms with E-state index in [1.807, 2.05) is 0 Å². The predicted molar refractivity (Wildman–Crippen MR) is 51.0 cm³/mol. The van der Waals surface area contributed by atoms with Crippen LogP contribution in [0.1, 0.15) is 5.56 Å². The van der Waals surface area contributed by atoms with Crippen molar-refractivity contribution in [2.24, 2.45) is 0 Å². The number of nitriles is 1. The first-order valence-corrected chi connectivity index (χ1v) is 3.91. The van der Waals surface area contributed by atoms with Gasteiger partial charge in [-0.2, -0.15) is 5.26 Å². The number of hydrogen-bond donors (Lipinski definition) is 3. The molecule has 0 fully saturated rings. The topological polar surface area (TPSA) is 102 Å². The number of hydrogen-bond acceptors (Lipinski definition) is 4. The van der Waals surface area contributed by atoms with Crippen molar-refractivity contribution in [2.75, 3.05) is 0 Å². The average Bonchev–Trinajstić information content (AvgIpc) is 2.16. The van der Waals surface area contributed by atoms with Gasteiger partial charge >= 0.3 is 5.97 Å². The van der Waals surface area contributed by atoms with Crippen molar-refractivity contribution >= 4 is 12.0 Å². The third kappa shape index (κ3) is 2.48. The first kappa shape index (κ1) is 10.6. The van der Waals surface area contributed by atoms with Crippen molar-refractivity contribution in [1.82, 2.24) is 0 Å². The third-order valence-electron chi connectivity index (χ3n) is 1.66. The maximum atomic E-state index is 10.5. The minimum Gasteiger partial charge on any atom is -0.508 e. The Morgan fingerprint density at radius 3 is 2.53 bits per heavy atom. The number of rotatable bonds is 2. The van der Waals surface area contributed by atoms with Gasteiger partial charge in [0, 0.05) is 11.6 Å². The quantitative estimate of drug-likeness (QED) is 0.495. The van der Waals surface area contributed by atoms with Gasteiger partial charge in [-0.15, -0.1) is 0 Å². The third-order valence-corrected chi connectivity index (χ3v) is 1.66. The highest BCUT2D eigenvalue weighted by Crippen LogP contribution is 2.24. The molecule has 0 aliphatic rings. The molecular formula is C10H7NO4. The molecule has 0 heterocycles. The van der Waals surface area contributed by atoms with Crippen LogP contribution in [-0.4, -0.2) is 21.3 Å². The van der Waals surface area contributed by atoms with E-state index in [1.165, 1.54) is 18.2 Å². The molecule has 0 bridgehead atoms. The molecule has 1 aromatic carbocycles. The number of aliphatic carboxylic acids is 1. The van der Waals surface area contributed by atoms with Gasteiger partial charge < -0.3 is 15.3 Å². The van der Waals surface area contributed by atoms with Crippen LogP contribution >= 0.6 is 0 Å². The highest BCUT2D eigenvalue weighted by atomic mass is 16.4. The smallest absolute Gasteiger partial charge is 0.346 e. The SMILES string of the molecule is N#C/C(=C\c1ccc(O)cc1O)C(=O)O. The molecule has 0 aliphatic carbocycles. The van der Waals surface area contributed by atoms with Gasteiger partial charge in [0.25, 0.3) is 0 Å². The van der Waals surface area contributed by atoms with Crippen molar-refractivity contribution in [3.05, 3.63) is 29.3 Å². The second-order valence-corrected chi connectivity index (χ2v) is 2.72. The van der Waals surface area contributed by atoms with Crippen LogP contribution in [0.25, 0.3) is 6.08 Å². The molecule has 15 heavy (non-hydrogen) atoms. The highest BCUT2D eigenvalue weighted by Gasteiger charge is 2.07. The van der Waals surface area contributed by atoms with E-state index in [1.54, 1.807) is 0 Å². The number of nitrogens with zero attached hydrogens (tertiary/aromatic N) is 1. The zero-order chi connectivity index (χ0) is 11.4. The summed E-state index contributed by atoms with van der Waals surface area (Å²) in [7, 11) is 0. The molecule has 0 aromatic heterocycles. The lowest BCUT2D eigenvalue weighted by Gasteiger charge is -1.99. The van der Waals surface area contributed by atoms with E-state index in [-0.39, 0.29) is 17.1 Å². The minimum absolute atomic E-state index is 0.140. The van der Waals surface area contributed by atoms with Crippen molar-refractivity contribution in [2.45, 2.75) is 0 Å². The summed E-state index contributed by atoms with van der Waals surface area (Å²) >= 11 is 0. The van der Waals surface area contributed by atoms with E-state index in [2.05, 4.69) is 0 Å². The molecule has 0 saturated heterocycles. The summed E-state index contributed by atoms with van der Waals surface area (Å²) < 4.78 is 0. The van der Waals surface area contributed by atoms with Gasteiger partial charge in [-0.3, -0.25) is 0 Å². The minimum atomic E-state index is -1.37. The first-order chi connectivity index (χ1) is 7.04. The zero-order valence-corrected chi connectivity index (χ0v) is 7.51. The fourth-order valence-corrected chi connectivity index (χ4v) is 0.951. The number of aromatic hydroxyl groups is 2. The van der Waals surface area contributed by atoms with Gasteiger partial charge in [-0.1, -0.05) is 0 Å². The number of benzene rings is 1. The van der Waals surface area contributed by atoms with Gasteiger partial charge in [0.05, 0.1) is 0 Å². The summed E-state index contributed by atoms with van der Waals surface area (Å²) in [6, 6.07) is 5.13. The van der Waals surface area contributed by atoms with Gasteiger partial charge in [0.15, 0.2) is 0 Å². The van der Waals surface area contributed by atoms with E-state index >= 15 is 0 Å². The van der Waals surface area contributed by atoms with Crippen molar-refractivity contribution in [1.29, 1.82) is 5.26 Å². The van der Waals surface area contributed by atoms with Crippen LogP contribution < -0.4 is 0 Å². The Balaban J connectivity index is 3.19. The van der Waals surface area contributed by atoms with Crippen molar-refractivity contribution in [3.63, 3.8) is 0 Å². The summed E-state index contributed by atoms with van der Waals surface area (Å²) in [6.07, 6.45) is 1.02. The summed E-state index contributed by atoms with van der Waals surface area (Å²) in [5, 5.41) is 35.3. The van der Waals surface area contributed by atoms with E-state index < -0.39 is 11.5 Å². The van der Waals surface area contributed by atoms with E-state index in [4.69, 9.17) is 15.5 Å². The molecular weight excluding hydrogens is 198 g/mol. The molecule has 3 N–H and O–H groups in total. The van der Waals surface area contributed by atoms with Crippen molar-refractivity contribution in [3.8, 4) is 17.6 Å². The number of phenolic OH excluding ortho intramolecular Hbond substituents is 2. The lowest BCUT2D eigenvalue weighted by Crippen LogP contribution is -1.97. The second-order valence-electron chi connectivity index (χ2n) is 2.72. The highest BCUT2D eigenvalue weighted by molar-refractivity contribution is 5.96. The molecule has 0 atom stereocenters. The predicted octanol–water partition coefficient (Wildman–Crippen LogP) is 1.09. The monoisotopic (exact) mass is 205 g/mol. The lowest BCUT2D eigenvalue weighted by atomic mass is 10.1. The molecule has 0 amide bonds. The number of phenols is 2. The van der Waals surface area contributed by atoms with Gasteiger partial charge in [-0.05, 0) is 18.2 Å². The molecule has 0 radical (unpaired) electrons. The molecule has 1 aromatic rings. The fourth-order valence-electron chi connectivity index (χ4n) is 0.951. The average molecular weight is 205 g/mol. The Bertz CT molecular complexity index is 471. The second kappa shape index (κ2) is 4.15. The molecule has 0 saturated carbocycles. The van der Waals surface area contributed by atoms with Crippen LogP contribution in [0.2, 0.25) is 0 Å². The van der Waals surface area contributed by atoms with Crippen LogP contribution in [0.3, 0.4) is 0 Å². The maximum Gasteiger partial charge on any atom is 0.346 e. The molecule has 76 valence electrons. The van der Waals surface area contributed by atoms with Gasteiger partial charge in [0.1, 0.15) is 23.1 Å². The number of carboxylic acid groups (broad SMARTS) is 1. The molecule has 0 aliphatic heterocycles. The molecule has 0 spiro atoms. The maximum absolute atomic E-state index is 10.5. The molecule has 5 nitrogen and oxygen atoms in total. The van der Waals surface area contributed by atoms with Crippen LogP contribution in [0.5, 0.6) is 11.5 Å². The lowest BCUT2D eigenvalue weighted by molar-refractivity contribution is -0.132.